The Morgan fingerprint density at radius 1 is 1.33 bits per heavy atom. The van der Waals surface area contributed by atoms with Gasteiger partial charge in [0.25, 0.3) is 0 Å². The fourth-order valence-corrected chi connectivity index (χ4v) is 5.59. The first-order valence-electron chi connectivity index (χ1n) is 11.5. The van der Waals surface area contributed by atoms with Crippen LogP contribution in [0.1, 0.15) is 71.4 Å². The number of unbranched alkanes of at least 4 members (excludes halogenated alkanes) is 1. The molecule has 1 aliphatic carbocycles. The van der Waals surface area contributed by atoms with Crippen molar-refractivity contribution in [3.8, 4) is 5.75 Å². The number of hydrogen-bond donors (Lipinski definition) is 1. The third kappa shape index (κ3) is 4.27. The molecule has 0 aromatic heterocycles. The second-order valence-electron chi connectivity index (χ2n) is 9.71. The number of fused-ring (bicyclic) bond motifs is 4. The van der Waals surface area contributed by atoms with Gasteiger partial charge in [-0.05, 0) is 68.0 Å². The Morgan fingerprint density at radius 3 is 2.70 bits per heavy atom. The summed E-state index contributed by atoms with van der Waals surface area (Å²) < 4.78 is 5.78. The van der Waals surface area contributed by atoms with Gasteiger partial charge in [0.1, 0.15) is 11.8 Å². The van der Waals surface area contributed by atoms with Gasteiger partial charge in [-0.2, -0.15) is 0 Å². The van der Waals surface area contributed by atoms with Crippen molar-refractivity contribution in [2.24, 2.45) is 11.8 Å². The third-order valence-electron chi connectivity index (χ3n) is 7.45. The lowest BCUT2D eigenvalue weighted by molar-refractivity contribution is -0.140. The van der Waals surface area contributed by atoms with Gasteiger partial charge in [-0.25, -0.2) is 4.79 Å². The molecule has 1 fully saturated rings. The van der Waals surface area contributed by atoms with E-state index < -0.39 is 12.0 Å². The number of piperidine rings is 1. The molecule has 1 aliphatic heterocycles. The SMILES string of the molecule is CCCC[C@@]12CCN(C)C(Cc3ccc(OC(=O)C(NC(C)=O)C(C)C)cc31)C2C. The molecule has 30 heavy (non-hydrogen) atoms. The highest BCUT2D eigenvalue weighted by Crippen LogP contribution is 2.52. The van der Waals surface area contributed by atoms with E-state index in [0.717, 1.165) is 19.4 Å². The second kappa shape index (κ2) is 9.09. The van der Waals surface area contributed by atoms with E-state index in [1.54, 1.807) is 0 Å². The van der Waals surface area contributed by atoms with Gasteiger partial charge in [0.05, 0.1) is 0 Å². The summed E-state index contributed by atoms with van der Waals surface area (Å²) in [5.41, 5.74) is 2.92. The molecule has 0 saturated carbocycles. The summed E-state index contributed by atoms with van der Waals surface area (Å²) in [6.07, 6.45) is 5.77. The topological polar surface area (TPSA) is 58.6 Å². The lowest BCUT2D eigenvalue weighted by Gasteiger charge is -2.55. The number of nitrogens with one attached hydrogen (secondary N) is 1. The zero-order valence-corrected chi connectivity index (χ0v) is 19.5. The van der Waals surface area contributed by atoms with Crippen molar-refractivity contribution in [1.82, 2.24) is 10.2 Å². The molecular formula is C25H38N2O3. The van der Waals surface area contributed by atoms with Crippen LogP contribution in [0, 0.1) is 11.8 Å². The first kappa shape index (κ1) is 22.8. The largest absolute Gasteiger partial charge is 0.425 e. The normalized spacial score (nSPS) is 26.8. The Balaban J connectivity index is 1.92. The highest BCUT2D eigenvalue weighted by Gasteiger charge is 2.50. The molecule has 1 aromatic carbocycles. The van der Waals surface area contributed by atoms with Gasteiger partial charge in [-0.1, -0.05) is 46.6 Å². The van der Waals surface area contributed by atoms with Gasteiger partial charge in [0, 0.05) is 18.4 Å². The molecule has 1 aromatic rings. The highest BCUT2D eigenvalue weighted by molar-refractivity contribution is 5.84. The van der Waals surface area contributed by atoms with Crippen molar-refractivity contribution in [3.63, 3.8) is 0 Å². The van der Waals surface area contributed by atoms with E-state index in [1.807, 2.05) is 19.9 Å². The van der Waals surface area contributed by atoms with Crippen LogP contribution < -0.4 is 10.1 Å². The minimum Gasteiger partial charge on any atom is -0.425 e. The number of esters is 1. The smallest absolute Gasteiger partial charge is 0.334 e. The first-order valence-corrected chi connectivity index (χ1v) is 11.5. The average molecular weight is 415 g/mol. The fourth-order valence-electron chi connectivity index (χ4n) is 5.59. The number of likely N-dealkylation sites (tertiary alicyclic amines) is 1. The summed E-state index contributed by atoms with van der Waals surface area (Å²) >= 11 is 0. The molecule has 4 atom stereocenters. The monoisotopic (exact) mass is 414 g/mol. The fraction of sp³-hybridized carbons (Fsp3) is 0.680. The van der Waals surface area contributed by atoms with Crippen molar-refractivity contribution in [1.29, 1.82) is 0 Å². The van der Waals surface area contributed by atoms with E-state index in [1.165, 1.54) is 37.3 Å². The highest BCUT2D eigenvalue weighted by atomic mass is 16.5. The Labute approximate surface area is 181 Å². The number of rotatable bonds is 7. The molecule has 3 rings (SSSR count). The number of amides is 1. The molecule has 2 bridgehead atoms. The number of benzene rings is 1. The molecule has 1 N–H and O–H groups in total. The lowest BCUT2D eigenvalue weighted by Crippen LogP contribution is -2.57. The molecule has 5 heteroatoms. The van der Waals surface area contributed by atoms with Crippen LogP contribution in [0.25, 0.3) is 0 Å². The maximum absolute atomic E-state index is 12.8. The lowest BCUT2D eigenvalue weighted by atomic mass is 9.56. The zero-order chi connectivity index (χ0) is 22.1. The zero-order valence-electron chi connectivity index (χ0n) is 19.5. The van der Waals surface area contributed by atoms with Gasteiger partial charge >= 0.3 is 5.97 Å². The van der Waals surface area contributed by atoms with E-state index in [0.29, 0.717) is 17.7 Å². The summed E-state index contributed by atoms with van der Waals surface area (Å²) in [7, 11) is 2.25. The maximum atomic E-state index is 12.8. The van der Waals surface area contributed by atoms with Crippen LogP contribution >= 0.6 is 0 Å². The maximum Gasteiger partial charge on any atom is 0.334 e. The van der Waals surface area contributed by atoms with Gasteiger partial charge in [-0.3, -0.25) is 4.79 Å². The van der Waals surface area contributed by atoms with E-state index in [9.17, 15) is 9.59 Å². The van der Waals surface area contributed by atoms with Gasteiger partial charge < -0.3 is 15.0 Å². The molecule has 2 aliphatic rings. The summed E-state index contributed by atoms with van der Waals surface area (Å²) in [6.45, 7) is 11.0. The van der Waals surface area contributed by atoms with Crippen LogP contribution in [-0.4, -0.2) is 42.5 Å². The van der Waals surface area contributed by atoms with Crippen molar-refractivity contribution < 1.29 is 14.3 Å². The number of likely N-dealkylation sites (N-methyl/N-ethyl adjacent to an activating group) is 1. The van der Waals surface area contributed by atoms with Crippen LogP contribution in [0.5, 0.6) is 5.75 Å². The van der Waals surface area contributed by atoms with Crippen molar-refractivity contribution >= 4 is 11.9 Å². The molecule has 5 nitrogen and oxygen atoms in total. The Bertz CT molecular complexity index is 787. The summed E-state index contributed by atoms with van der Waals surface area (Å²) in [6, 6.07) is 6.12. The molecule has 1 amide bonds. The summed E-state index contributed by atoms with van der Waals surface area (Å²) in [5, 5.41) is 2.72. The van der Waals surface area contributed by atoms with Crippen LogP contribution in [0.3, 0.4) is 0 Å². The average Bonchev–Trinajstić information content (AvgIpc) is 2.69. The third-order valence-corrected chi connectivity index (χ3v) is 7.45. The first-order chi connectivity index (χ1) is 14.2. The Kier molecular flexibility index (Phi) is 6.91. The van der Waals surface area contributed by atoms with Gasteiger partial charge in [0.2, 0.25) is 5.91 Å². The van der Waals surface area contributed by atoms with Crippen LogP contribution in [0.4, 0.5) is 0 Å². The van der Waals surface area contributed by atoms with E-state index >= 15 is 0 Å². The van der Waals surface area contributed by atoms with E-state index in [2.05, 4.69) is 43.2 Å². The van der Waals surface area contributed by atoms with Crippen molar-refractivity contribution in [2.45, 2.75) is 84.2 Å². The predicted molar refractivity (Wildman–Crippen MR) is 120 cm³/mol. The Hall–Kier alpha value is -1.88. The second-order valence-corrected chi connectivity index (χ2v) is 9.71. The molecule has 3 unspecified atom stereocenters. The molecule has 1 heterocycles. The van der Waals surface area contributed by atoms with E-state index in [4.69, 9.17) is 4.74 Å². The summed E-state index contributed by atoms with van der Waals surface area (Å²) in [5.74, 6) is 0.512. The van der Waals surface area contributed by atoms with Crippen molar-refractivity contribution in [3.05, 3.63) is 29.3 Å². The minimum absolute atomic E-state index is 0.0374. The molecule has 0 radical (unpaired) electrons. The van der Waals surface area contributed by atoms with Gasteiger partial charge in [0.15, 0.2) is 0 Å². The Morgan fingerprint density at radius 2 is 2.07 bits per heavy atom. The quantitative estimate of drug-likeness (QED) is 0.540. The summed E-state index contributed by atoms with van der Waals surface area (Å²) in [4.78, 5) is 26.8. The molecule has 1 saturated heterocycles. The predicted octanol–water partition coefficient (Wildman–Crippen LogP) is 4.08. The number of carbonyl (C=O) groups is 2. The standard InChI is InChI=1S/C25H38N2O3/c1-7-8-11-25-12-13-27(6)22(17(25)4)14-19-9-10-20(15-21(19)25)30-24(29)23(16(2)3)26-18(5)28/h9-10,15-17,22-23H,7-8,11-14H2,1-6H3,(H,26,28)/t17?,22?,23?,25-/m0/s1. The molecular weight excluding hydrogens is 376 g/mol. The number of nitrogens with zero attached hydrogens (tertiary/aromatic N) is 1. The van der Waals surface area contributed by atoms with Crippen LogP contribution in [-0.2, 0) is 21.4 Å². The molecule has 166 valence electrons. The molecule has 0 spiro atoms. The number of carbonyl (C=O) groups excluding carboxylic acids is 2. The van der Waals surface area contributed by atoms with Crippen molar-refractivity contribution in [2.75, 3.05) is 13.6 Å². The van der Waals surface area contributed by atoms with Crippen LogP contribution in [0.2, 0.25) is 0 Å². The van der Waals surface area contributed by atoms with E-state index in [-0.39, 0.29) is 17.2 Å². The minimum atomic E-state index is -0.640. The van der Waals surface area contributed by atoms with Crippen LogP contribution in [0.15, 0.2) is 18.2 Å². The van der Waals surface area contributed by atoms with Gasteiger partial charge in [-0.15, -0.1) is 0 Å². The number of ether oxygens (including phenoxy) is 1. The number of hydrogen-bond acceptors (Lipinski definition) is 4.